The molecule has 0 N–H and O–H groups in total. The second kappa shape index (κ2) is 7.34. The summed E-state index contributed by atoms with van der Waals surface area (Å²) in [6.07, 6.45) is 4.48. The van der Waals surface area contributed by atoms with Crippen molar-refractivity contribution < 1.29 is 9.18 Å². The Bertz CT molecular complexity index is 1030. The topological polar surface area (TPSA) is 51.0 Å². The first-order valence-electron chi connectivity index (χ1n) is 9.79. The van der Waals surface area contributed by atoms with Gasteiger partial charge in [-0.05, 0) is 43.0 Å². The van der Waals surface area contributed by atoms with E-state index in [9.17, 15) is 9.18 Å². The Morgan fingerprint density at radius 1 is 1.32 bits per heavy atom. The highest BCUT2D eigenvalue weighted by atomic mass is 19.1. The first-order valence-corrected chi connectivity index (χ1v) is 9.79. The van der Waals surface area contributed by atoms with Crippen molar-refractivity contribution in [3.05, 3.63) is 59.4 Å². The zero-order chi connectivity index (χ0) is 19.8. The van der Waals surface area contributed by atoms with Crippen LogP contribution in [0.25, 0.3) is 11.0 Å². The van der Waals surface area contributed by atoms with Gasteiger partial charge in [0.2, 0.25) is 0 Å². The maximum absolute atomic E-state index is 13.9. The summed E-state index contributed by atoms with van der Waals surface area (Å²) < 4.78 is 16.1. The third-order valence-electron chi connectivity index (χ3n) is 5.39. The summed E-state index contributed by atoms with van der Waals surface area (Å²) in [6.45, 7) is 8.19. The lowest BCUT2D eigenvalue weighted by Crippen LogP contribution is -2.29. The Morgan fingerprint density at radius 3 is 2.89 bits per heavy atom. The van der Waals surface area contributed by atoms with E-state index in [4.69, 9.17) is 4.98 Å². The summed E-state index contributed by atoms with van der Waals surface area (Å²) in [5, 5.41) is 0. The number of fused-ring (bicyclic) bond motifs is 1. The summed E-state index contributed by atoms with van der Waals surface area (Å²) in [5.74, 6) is 1.21. The molecule has 3 aromatic rings. The summed E-state index contributed by atoms with van der Waals surface area (Å²) in [6, 6.07) is 6.63. The summed E-state index contributed by atoms with van der Waals surface area (Å²) in [4.78, 5) is 23.8. The fourth-order valence-electron chi connectivity index (χ4n) is 3.92. The van der Waals surface area contributed by atoms with E-state index in [0.29, 0.717) is 30.1 Å². The molecular formula is C22H25FN4O. The lowest BCUT2D eigenvalue weighted by atomic mass is 10.1. The van der Waals surface area contributed by atoms with Crippen LogP contribution < -0.4 is 0 Å². The van der Waals surface area contributed by atoms with Crippen LogP contribution in [-0.4, -0.2) is 38.4 Å². The first kappa shape index (κ1) is 18.6. The molecule has 1 amide bonds. The third-order valence-corrected chi connectivity index (χ3v) is 5.39. The van der Waals surface area contributed by atoms with Crippen molar-refractivity contribution in [3.8, 4) is 0 Å². The van der Waals surface area contributed by atoms with Gasteiger partial charge in [0.1, 0.15) is 11.6 Å². The number of benzene rings is 1. The maximum atomic E-state index is 13.9. The molecule has 1 aliphatic heterocycles. The zero-order valence-electron chi connectivity index (χ0n) is 16.5. The highest BCUT2D eigenvalue weighted by Crippen LogP contribution is 2.31. The van der Waals surface area contributed by atoms with E-state index >= 15 is 0 Å². The fourth-order valence-corrected chi connectivity index (χ4v) is 3.92. The number of amides is 1. The molecule has 0 unspecified atom stereocenters. The Morgan fingerprint density at radius 2 is 2.14 bits per heavy atom. The molecule has 0 radical (unpaired) electrons. The molecule has 0 bridgehead atoms. The standard InChI is InChI=1S/C22H25FN4O/c1-14(2)12-27-20-11-24-8-6-19(20)25-21(27)17-7-9-26(13-17)22(28)16-5-4-15(3)18(23)10-16/h4-6,8,10-11,14,17H,7,9,12-13H2,1-3H3/t17-/m1/s1. The van der Waals surface area contributed by atoms with Gasteiger partial charge in [0.25, 0.3) is 5.91 Å². The molecule has 4 rings (SSSR count). The number of aryl methyl sites for hydroxylation is 1. The largest absolute Gasteiger partial charge is 0.338 e. The van der Waals surface area contributed by atoms with Gasteiger partial charge in [-0.1, -0.05) is 19.9 Å². The van der Waals surface area contributed by atoms with Crippen LogP contribution in [0.3, 0.4) is 0 Å². The molecule has 0 aliphatic carbocycles. The fraction of sp³-hybridized carbons (Fsp3) is 0.409. The van der Waals surface area contributed by atoms with Gasteiger partial charge in [0.05, 0.1) is 17.2 Å². The second-order valence-corrected chi connectivity index (χ2v) is 8.04. The Balaban J connectivity index is 1.60. The molecule has 146 valence electrons. The molecule has 5 nitrogen and oxygen atoms in total. The van der Waals surface area contributed by atoms with E-state index in [1.54, 1.807) is 25.3 Å². The lowest BCUT2D eigenvalue weighted by Gasteiger charge is -2.18. The van der Waals surface area contributed by atoms with Crippen LogP contribution in [0.15, 0.2) is 36.7 Å². The number of hydrogen-bond acceptors (Lipinski definition) is 3. The van der Waals surface area contributed by atoms with Gasteiger partial charge in [-0.25, -0.2) is 9.37 Å². The van der Waals surface area contributed by atoms with Gasteiger partial charge in [-0.2, -0.15) is 0 Å². The number of aromatic nitrogens is 3. The minimum atomic E-state index is -0.340. The number of rotatable bonds is 4. The van der Waals surface area contributed by atoms with Crippen LogP contribution in [0.1, 0.15) is 47.9 Å². The molecule has 1 aromatic carbocycles. The molecule has 0 saturated carbocycles. The Kier molecular flexibility index (Phi) is 4.87. The molecule has 0 spiro atoms. The van der Waals surface area contributed by atoms with Crippen LogP contribution in [0.4, 0.5) is 4.39 Å². The van der Waals surface area contributed by atoms with Crippen LogP contribution >= 0.6 is 0 Å². The number of carbonyl (C=O) groups excluding carboxylic acids is 1. The maximum Gasteiger partial charge on any atom is 0.253 e. The molecule has 1 atom stereocenters. The molecule has 1 aliphatic rings. The van der Waals surface area contributed by atoms with Gasteiger partial charge in [-0.3, -0.25) is 9.78 Å². The monoisotopic (exact) mass is 380 g/mol. The quantitative estimate of drug-likeness (QED) is 0.683. The van der Waals surface area contributed by atoms with E-state index in [2.05, 4.69) is 23.4 Å². The van der Waals surface area contributed by atoms with Gasteiger partial charge < -0.3 is 9.47 Å². The van der Waals surface area contributed by atoms with Crippen LogP contribution in [0.5, 0.6) is 0 Å². The summed E-state index contributed by atoms with van der Waals surface area (Å²) in [5.41, 5.74) is 2.93. The SMILES string of the molecule is Cc1ccc(C(=O)N2CC[C@@H](c3nc4ccncc4n3CC(C)C)C2)cc1F. The van der Waals surface area contributed by atoms with Crippen molar-refractivity contribution >= 4 is 16.9 Å². The number of hydrogen-bond donors (Lipinski definition) is 0. The van der Waals surface area contributed by atoms with E-state index in [0.717, 1.165) is 29.8 Å². The van der Waals surface area contributed by atoms with Crippen LogP contribution in [0, 0.1) is 18.7 Å². The predicted octanol–water partition coefficient (Wildman–Crippen LogP) is 4.16. The number of nitrogens with zero attached hydrogens (tertiary/aromatic N) is 4. The van der Waals surface area contributed by atoms with E-state index in [1.165, 1.54) is 6.07 Å². The van der Waals surface area contributed by atoms with Crippen molar-refractivity contribution in [2.24, 2.45) is 5.92 Å². The van der Waals surface area contributed by atoms with Crippen molar-refractivity contribution in [1.82, 2.24) is 19.4 Å². The smallest absolute Gasteiger partial charge is 0.253 e. The average molecular weight is 380 g/mol. The number of carbonyl (C=O) groups is 1. The third kappa shape index (κ3) is 3.39. The summed E-state index contributed by atoms with van der Waals surface area (Å²) in [7, 11) is 0. The molecule has 1 saturated heterocycles. The second-order valence-electron chi connectivity index (χ2n) is 8.04. The van der Waals surface area contributed by atoms with Gasteiger partial charge in [0.15, 0.2) is 0 Å². The molecule has 1 fully saturated rings. The van der Waals surface area contributed by atoms with Crippen LogP contribution in [-0.2, 0) is 6.54 Å². The molecular weight excluding hydrogens is 355 g/mol. The number of imidazole rings is 1. The number of likely N-dealkylation sites (tertiary alicyclic amines) is 1. The minimum absolute atomic E-state index is 0.116. The number of halogens is 1. The zero-order valence-corrected chi connectivity index (χ0v) is 16.5. The normalized spacial score (nSPS) is 17.0. The van der Waals surface area contributed by atoms with Gasteiger partial charge >= 0.3 is 0 Å². The Labute approximate surface area is 164 Å². The number of pyridine rings is 1. The van der Waals surface area contributed by atoms with Crippen molar-refractivity contribution in [2.45, 2.75) is 39.7 Å². The van der Waals surface area contributed by atoms with Gasteiger partial charge in [0, 0.05) is 37.3 Å². The minimum Gasteiger partial charge on any atom is -0.338 e. The highest BCUT2D eigenvalue weighted by molar-refractivity contribution is 5.94. The predicted molar refractivity (Wildman–Crippen MR) is 107 cm³/mol. The first-order chi connectivity index (χ1) is 13.4. The van der Waals surface area contributed by atoms with Crippen LogP contribution in [0.2, 0.25) is 0 Å². The molecule has 2 aromatic heterocycles. The molecule has 28 heavy (non-hydrogen) atoms. The molecule has 6 heteroatoms. The average Bonchev–Trinajstić information content (AvgIpc) is 3.28. The van der Waals surface area contributed by atoms with Crippen molar-refractivity contribution in [3.63, 3.8) is 0 Å². The Hall–Kier alpha value is -2.76. The molecule has 3 heterocycles. The van der Waals surface area contributed by atoms with E-state index < -0.39 is 0 Å². The van der Waals surface area contributed by atoms with Crippen molar-refractivity contribution in [2.75, 3.05) is 13.1 Å². The lowest BCUT2D eigenvalue weighted by molar-refractivity contribution is 0.0790. The van der Waals surface area contributed by atoms with E-state index in [1.807, 2.05) is 17.2 Å². The van der Waals surface area contributed by atoms with E-state index in [-0.39, 0.29) is 17.6 Å². The van der Waals surface area contributed by atoms with Crippen molar-refractivity contribution in [1.29, 1.82) is 0 Å². The van der Waals surface area contributed by atoms with Gasteiger partial charge in [-0.15, -0.1) is 0 Å². The summed E-state index contributed by atoms with van der Waals surface area (Å²) >= 11 is 0. The highest BCUT2D eigenvalue weighted by Gasteiger charge is 2.31.